The summed E-state index contributed by atoms with van der Waals surface area (Å²) in [5, 5.41) is 8.43. The van der Waals surface area contributed by atoms with Gasteiger partial charge in [0, 0.05) is 46.5 Å². The molecule has 1 aromatic carbocycles. The van der Waals surface area contributed by atoms with Gasteiger partial charge in [-0.1, -0.05) is 12.5 Å². The maximum absolute atomic E-state index is 13.7. The number of nitrogens with zero attached hydrogens (tertiary/aromatic N) is 5. The summed E-state index contributed by atoms with van der Waals surface area (Å²) >= 11 is 1.10. The molecule has 1 saturated heterocycles. The van der Waals surface area contributed by atoms with E-state index in [2.05, 4.69) is 48.2 Å². The molecule has 7 nitrogen and oxygen atoms in total. The Bertz CT molecular complexity index is 1730. The van der Waals surface area contributed by atoms with Crippen molar-refractivity contribution in [2.24, 2.45) is 0 Å². The van der Waals surface area contributed by atoms with Crippen molar-refractivity contribution in [2.75, 3.05) is 13.1 Å². The molecule has 0 unspecified atom stereocenters. The third-order valence-electron chi connectivity index (χ3n) is 6.99. The summed E-state index contributed by atoms with van der Waals surface area (Å²) in [6.45, 7) is 3.25. The Hall–Kier alpha value is -3.95. The molecule has 184 valence electrons. The van der Waals surface area contributed by atoms with E-state index in [1.807, 2.05) is 24.5 Å². The number of benzene rings is 1. The average molecular weight is 510 g/mol. The van der Waals surface area contributed by atoms with Crippen LogP contribution in [0.2, 0.25) is 0 Å². The van der Waals surface area contributed by atoms with Crippen LogP contribution in [0.1, 0.15) is 24.8 Å². The van der Waals surface area contributed by atoms with Gasteiger partial charge in [0.1, 0.15) is 11.2 Å². The zero-order valence-electron chi connectivity index (χ0n) is 20.0. The number of H-pyrrole nitrogens is 2. The molecule has 0 atom stereocenters. The van der Waals surface area contributed by atoms with Crippen molar-refractivity contribution in [1.82, 2.24) is 35.0 Å². The molecular weight excluding hydrogens is 485 g/mol. The number of fused-ring (bicyclic) bond motifs is 2. The molecule has 0 saturated carbocycles. The number of halogens is 1. The maximum Gasteiger partial charge on any atom is 0.176 e. The van der Waals surface area contributed by atoms with Crippen LogP contribution < -0.4 is 0 Å². The molecule has 0 aliphatic carbocycles. The highest BCUT2D eigenvalue weighted by Crippen LogP contribution is 2.34. The minimum absolute atomic E-state index is 0.226. The van der Waals surface area contributed by atoms with E-state index in [-0.39, 0.29) is 5.13 Å². The van der Waals surface area contributed by atoms with Crippen LogP contribution in [0.4, 0.5) is 4.39 Å². The molecule has 0 bridgehead atoms. The molecule has 1 aliphatic rings. The second-order valence-corrected chi connectivity index (χ2v) is 10.5. The molecule has 5 aromatic heterocycles. The number of nitrogens with one attached hydrogen (secondary N) is 2. The van der Waals surface area contributed by atoms with Crippen LogP contribution in [0, 0.1) is 5.13 Å². The number of imidazole rings is 1. The Morgan fingerprint density at radius 3 is 2.76 bits per heavy atom. The van der Waals surface area contributed by atoms with Crippen molar-refractivity contribution >= 4 is 33.4 Å². The first-order valence-electron chi connectivity index (χ1n) is 12.5. The van der Waals surface area contributed by atoms with E-state index in [0.29, 0.717) is 17.0 Å². The van der Waals surface area contributed by atoms with Gasteiger partial charge in [-0.05, 0) is 73.5 Å². The highest BCUT2D eigenvalue weighted by Gasteiger charge is 2.17. The summed E-state index contributed by atoms with van der Waals surface area (Å²) in [6.07, 6.45) is 9.47. The fraction of sp³-hybridized carbons (Fsp3) is 0.214. The number of rotatable bonds is 5. The molecule has 1 aliphatic heterocycles. The van der Waals surface area contributed by atoms with Crippen molar-refractivity contribution in [1.29, 1.82) is 0 Å². The maximum atomic E-state index is 13.7. The second kappa shape index (κ2) is 9.17. The molecule has 9 heteroatoms. The number of hydrogen-bond acceptors (Lipinski definition) is 6. The Kier molecular flexibility index (Phi) is 5.52. The lowest BCUT2D eigenvalue weighted by molar-refractivity contribution is 0.220. The van der Waals surface area contributed by atoms with E-state index in [4.69, 9.17) is 4.98 Å². The number of aromatic amines is 2. The highest BCUT2D eigenvalue weighted by molar-refractivity contribution is 7.14. The number of thiophene rings is 1. The van der Waals surface area contributed by atoms with Gasteiger partial charge in [0.15, 0.2) is 16.6 Å². The third kappa shape index (κ3) is 4.20. The number of pyridine rings is 2. The summed E-state index contributed by atoms with van der Waals surface area (Å²) < 4.78 is 13.7. The molecule has 0 amide bonds. The first kappa shape index (κ1) is 22.3. The largest absolute Gasteiger partial charge is 0.321 e. The van der Waals surface area contributed by atoms with Gasteiger partial charge in [-0.15, -0.1) is 11.3 Å². The van der Waals surface area contributed by atoms with E-state index in [0.717, 1.165) is 69.1 Å². The van der Waals surface area contributed by atoms with Gasteiger partial charge in [0.05, 0.1) is 5.52 Å². The lowest BCUT2D eigenvalue weighted by Gasteiger charge is -2.26. The number of likely N-dealkylation sites (tertiary alicyclic amines) is 1. The third-order valence-corrected chi connectivity index (χ3v) is 7.90. The van der Waals surface area contributed by atoms with E-state index < -0.39 is 0 Å². The second-order valence-electron chi connectivity index (χ2n) is 9.50. The summed E-state index contributed by atoms with van der Waals surface area (Å²) in [7, 11) is 0. The first-order valence-corrected chi connectivity index (χ1v) is 13.3. The van der Waals surface area contributed by atoms with E-state index >= 15 is 0 Å². The molecule has 7 rings (SSSR count). The molecule has 37 heavy (non-hydrogen) atoms. The smallest absolute Gasteiger partial charge is 0.176 e. The van der Waals surface area contributed by atoms with Gasteiger partial charge in [0.2, 0.25) is 0 Å². The Morgan fingerprint density at radius 1 is 0.973 bits per heavy atom. The quantitative estimate of drug-likeness (QED) is 0.280. The zero-order chi connectivity index (χ0) is 24.8. The number of piperidine rings is 1. The van der Waals surface area contributed by atoms with Crippen LogP contribution in [0.3, 0.4) is 0 Å². The van der Waals surface area contributed by atoms with Crippen LogP contribution in [0.5, 0.6) is 0 Å². The van der Waals surface area contributed by atoms with Gasteiger partial charge >= 0.3 is 0 Å². The lowest BCUT2D eigenvalue weighted by atomic mass is 10.0. The highest BCUT2D eigenvalue weighted by atomic mass is 32.1. The molecule has 1 fully saturated rings. The van der Waals surface area contributed by atoms with Crippen molar-refractivity contribution in [2.45, 2.75) is 25.8 Å². The SMILES string of the molecule is Fc1ccc(-c2ccnc3[nH]c(-c4n[nH]c5ccc(-c6cncc(CN7CCCCC7)c6)cc45)nc23)s1. The van der Waals surface area contributed by atoms with Gasteiger partial charge in [0.25, 0.3) is 0 Å². The van der Waals surface area contributed by atoms with E-state index in [9.17, 15) is 4.39 Å². The minimum atomic E-state index is -0.226. The number of aromatic nitrogens is 6. The van der Waals surface area contributed by atoms with Crippen LogP contribution in [0.25, 0.3) is 55.2 Å². The monoisotopic (exact) mass is 509 g/mol. The summed E-state index contributed by atoms with van der Waals surface area (Å²) in [5.74, 6) is 0.618. The fourth-order valence-corrected chi connectivity index (χ4v) is 5.92. The van der Waals surface area contributed by atoms with E-state index in [1.165, 1.54) is 30.9 Å². The molecule has 6 heterocycles. The molecule has 0 radical (unpaired) electrons. The first-order chi connectivity index (χ1) is 18.2. The van der Waals surface area contributed by atoms with Crippen molar-refractivity contribution in [3.8, 4) is 33.1 Å². The summed E-state index contributed by atoms with van der Waals surface area (Å²) in [5.41, 5.74) is 7.21. The standard InChI is InChI=1S/C28H24FN7S/c29-24-7-6-23(37-24)20-8-9-31-27-25(20)32-28(33-27)26-21-13-18(4-5-22(21)34-35-26)19-12-17(14-30-15-19)16-36-10-2-1-3-11-36/h4-9,12-15H,1-3,10-11,16H2,(H,34,35)(H,31,32,33). The van der Waals surface area contributed by atoms with Gasteiger partial charge < -0.3 is 4.98 Å². The van der Waals surface area contributed by atoms with Crippen LogP contribution >= 0.6 is 11.3 Å². The minimum Gasteiger partial charge on any atom is -0.321 e. The molecule has 6 aromatic rings. The zero-order valence-corrected chi connectivity index (χ0v) is 20.9. The van der Waals surface area contributed by atoms with Crippen LogP contribution in [-0.4, -0.2) is 48.1 Å². The Balaban J connectivity index is 1.26. The topological polar surface area (TPSA) is 86.4 Å². The predicted molar refractivity (Wildman–Crippen MR) is 145 cm³/mol. The van der Waals surface area contributed by atoms with E-state index in [1.54, 1.807) is 12.3 Å². The van der Waals surface area contributed by atoms with Crippen molar-refractivity contribution in [3.05, 3.63) is 71.7 Å². The van der Waals surface area contributed by atoms with Crippen LogP contribution in [-0.2, 0) is 6.54 Å². The van der Waals surface area contributed by atoms with Crippen LogP contribution in [0.15, 0.2) is 61.1 Å². The van der Waals surface area contributed by atoms with Crippen molar-refractivity contribution < 1.29 is 4.39 Å². The van der Waals surface area contributed by atoms with Crippen molar-refractivity contribution in [3.63, 3.8) is 0 Å². The molecule has 2 N–H and O–H groups in total. The van der Waals surface area contributed by atoms with Gasteiger partial charge in [-0.3, -0.25) is 15.0 Å². The molecule has 0 spiro atoms. The fourth-order valence-electron chi connectivity index (χ4n) is 5.16. The van der Waals surface area contributed by atoms with Gasteiger partial charge in [-0.25, -0.2) is 9.97 Å². The normalized spacial score (nSPS) is 14.6. The van der Waals surface area contributed by atoms with Gasteiger partial charge in [-0.2, -0.15) is 9.49 Å². The molecular formula is C28H24FN7S. The summed E-state index contributed by atoms with van der Waals surface area (Å²) in [6, 6.07) is 13.6. The predicted octanol–water partition coefficient (Wildman–Crippen LogP) is 6.42. The Labute approximate surface area is 216 Å². The number of hydrogen-bond donors (Lipinski definition) is 2. The Morgan fingerprint density at radius 2 is 1.89 bits per heavy atom. The summed E-state index contributed by atoms with van der Waals surface area (Å²) in [4.78, 5) is 20.5. The lowest BCUT2D eigenvalue weighted by Crippen LogP contribution is -2.29. The average Bonchev–Trinajstić information content (AvgIpc) is 3.66.